The highest BCUT2D eigenvalue weighted by Gasteiger charge is 2.25. The number of rotatable bonds is 4. The van der Waals surface area contributed by atoms with Gasteiger partial charge in [0.15, 0.2) is 0 Å². The normalized spacial score (nSPS) is 18.6. The number of hydrogen-bond donors (Lipinski definition) is 2. The molecule has 0 radical (unpaired) electrons. The topological polar surface area (TPSA) is 52.6 Å². The number of aryl methyl sites for hydroxylation is 2. The van der Waals surface area contributed by atoms with Crippen molar-refractivity contribution in [3.63, 3.8) is 0 Å². The van der Waals surface area contributed by atoms with Crippen molar-refractivity contribution in [2.45, 2.75) is 59.1 Å². The monoisotopic (exact) mass is 318 g/mol. The molecule has 1 aliphatic rings. The van der Waals surface area contributed by atoms with E-state index < -0.39 is 0 Å². The second-order valence-electron chi connectivity index (χ2n) is 7.05. The molecule has 0 saturated carbocycles. The van der Waals surface area contributed by atoms with Crippen LogP contribution in [0.4, 0.5) is 4.79 Å². The highest BCUT2D eigenvalue weighted by Crippen LogP contribution is 2.20. The third-order valence-corrected chi connectivity index (χ3v) is 4.90. The third-order valence-electron chi connectivity index (χ3n) is 4.90. The maximum Gasteiger partial charge on any atom is 0.317 e. The van der Waals surface area contributed by atoms with Gasteiger partial charge < -0.3 is 15.3 Å². The van der Waals surface area contributed by atoms with Gasteiger partial charge in [-0.15, -0.1) is 0 Å². The summed E-state index contributed by atoms with van der Waals surface area (Å²) < 4.78 is 0. The van der Waals surface area contributed by atoms with Crippen LogP contribution in [-0.2, 0) is 6.42 Å². The van der Waals surface area contributed by atoms with Gasteiger partial charge in [0.1, 0.15) is 0 Å². The zero-order valence-electron chi connectivity index (χ0n) is 14.8. The van der Waals surface area contributed by atoms with Gasteiger partial charge >= 0.3 is 6.03 Å². The van der Waals surface area contributed by atoms with Crippen molar-refractivity contribution in [3.05, 3.63) is 34.9 Å². The van der Waals surface area contributed by atoms with E-state index in [4.69, 9.17) is 0 Å². The number of hydrogen-bond acceptors (Lipinski definition) is 2. The van der Waals surface area contributed by atoms with Crippen molar-refractivity contribution in [1.29, 1.82) is 0 Å². The van der Waals surface area contributed by atoms with Gasteiger partial charge in [0.05, 0.1) is 6.10 Å². The molecule has 1 aliphatic heterocycles. The summed E-state index contributed by atoms with van der Waals surface area (Å²) in [5, 5.41) is 12.7. The zero-order chi connectivity index (χ0) is 17.0. The molecule has 0 spiro atoms. The van der Waals surface area contributed by atoms with Crippen molar-refractivity contribution in [1.82, 2.24) is 10.2 Å². The van der Waals surface area contributed by atoms with E-state index in [0.29, 0.717) is 5.92 Å². The molecule has 1 aromatic rings. The highest BCUT2D eigenvalue weighted by molar-refractivity contribution is 5.74. The van der Waals surface area contributed by atoms with Crippen LogP contribution in [0.5, 0.6) is 0 Å². The lowest BCUT2D eigenvalue weighted by molar-refractivity contribution is 0.0794. The first-order chi connectivity index (χ1) is 10.9. The molecule has 2 amide bonds. The summed E-state index contributed by atoms with van der Waals surface area (Å²) in [6, 6.07) is 6.59. The van der Waals surface area contributed by atoms with Gasteiger partial charge in [0, 0.05) is 19.1 Å². The number of carbonyl (C=O) groups excluding carboxylic acids is 1. The van der Waals surface area contributed by atoms with Crippen LogP contribution in [0, 0.1) is 19.8 Å². The first-order valence-electron chi connectivity index (χ1n) is 8.66. The standard InChI is InChI=1S/C19H30N2O2/c1-13-5-6-18(14(2)11-13)12-15(3)20-19(23)21-9-7-17(8-10-21)16(4)22/h5-6,11,15-17,22H,7-10,12H2,1-4H3,(H,20,23). The maximum absolute atomic E-state index is 12.4. The molecule has 23 heavy (non-hydrogen) atoms. The molecule has 1 aromatic carbocycles. The predicted molar refractivity (Wildman–Crippen MR) is 93.6 cm³/mol. The average molecular weight is 318 g/mol. The van der Waals surface area contributed by atoms with Crippen molar-refractivity contribution >= 4 is 6.03 Å². The first kappa shape index (κ1) is 17.8. The van der Waals surface area contributed by atoms with Crippen molar-refractivity contribution in [2.75, 3.05) is 13.1 Å². The summed E-state index contributed by atoms with van der Waals surface area (Å²) in [6.45, 7) is 9.58. The number of aliphatic hydroxyl groups excluding tert-OH is 1. The molecule has 2 atom stereocenters. The second kappa shape index (κ2) is 7.82. The minimum Gasteiger partial charge on any atom is -0.393 e. The van der Waals surface area contributed by atoms with E-state index in [1.165, 1.54) is 16.7 Å². The second-order valence-corrected chi connectivity index (χ2v) is 7.05. The Morgan fingerprint density at radius 1 is 1.30 bits per heavy atom. The van der Waals surface area contributed by atoms with Gasteiger partial charge in [0.25, 0.3) is 0 Å². The number of urea groups is 1. The summed E-state index contributed by atoms with van der Waals surface area (Å²) in [5.41, 5.74) is 3.84. The van der Waals surface area contributed by atoms with Crippen molar-refractivity contribution in [2.24, 2.45) is 5.92 Å². The fourth-order valence-electron chi connectivity index (χ4n) is 3.34. The Bertz CT molecular complexity index is 534. The van der Waals surface area contributed by atoms with Gasteiger partial charge in [-0.05, 0) is 64.0 Å². The molecule has 2 N–H and O–H groups in total. The number of piperidine rings is 1. The molecular weight excluding hydrogens is 288 g/mol. The van der Waals surface area contributed by atoms with Gasteiger partial charge in [0.2, 0.25) is 0 Å². The number of nitrogens with zero attached hydrogens (tertiary/aromatic N) is 1. The van der Waals surface area contributed by atoms with Crippen molar-refractivity contribution in [3.8, 4) is 0 Å². The van der Waals surface area contributed by atoms with Crippen LogP contribution >= 0.6 is 0 Å². The number of likely N-dealkylation sites (tertiary alicyclic amines) is 1. The highest BCUT2D eigenvalue weighted by atomic mass is 16.3. The molecule has 1 saturated heterocycles. The Kier molecular flexibility index (Phi) is 6.05. The molecule has 4 nitrogen and oxygen atoms in total. The average Bonchev–Trinajstić information content (AvgIpc) is 2.50. The largest absolute Gasteiger partial charge is 0.393 e. The molecule has 0 aromatic heterocycles. The van der Waals surface area contributed by atoms with E-state index in [1.54, 1.807) is 0 Å². The Morgan fingerprint density at radius 2 is 1.96 bits per heavy atom. The zero-order valence-corrected chi connectivity index (χ0v) is 14.8. The Labute approximate surface area is 139 Å². The first-order valence-corrected chi connectivity index (χ1v) is 8.66. The Balaban J connectivity index is 1.83. The van der Waals surface area contributed by atoms with Crippen LogP contribution in [0.25, 0.3) is 0 Å². The lowest BCUT2D eigenvalue weighted by atomic mass is 9.92. The molecule has 1 fully saturated rings. The number of aliphatic hydroxyl groups is 1. The fraction of sp³-hybridized carbons (Fsp3) is 0.632. The van der Waals surface area contributed by atoms with Crippen LogP contribution in [0.2, 0.25) is 0 Å². The van der Waals surface area contributed by atoms with Crippen LogP contribution in [0.3, 0.4) is 0 Å². The van der Waals surface area contributed by atoms with E-state index >= 15 is 0 Å². The smallest absolute Gasteiger partial charge is 0.317 e. The number of nitrogens with one attached hydrogen (secondary N) is 1. The van der Waals surface area contributed by atoms with Gasteiger partial charge in [-0.3, -0.25) is 0 Å². The molecule has 4 heteroatoms. The summed E-state index contributed by atoms with van der Waals surface area (Å²) in [4.78, 5) is 14.2. The van der Waals surface area contributed by atoms with Gasteiger partial charge in [-0.1, -0.05) is 23.8 Å². The number of amides is 2. The summed E-state index contributed by atoms with van der Waals surface area (Å²) in [5.74, 6) is 0.326. The number of benzene rings is 1. The van der Waals surface area contributed by atoms with E-state index in [-0.39, 0.29) is 18.2 Å². The van der Waals surface area contributed by atoms with E-state index in [2.05, 4.69) is 44.3 Å². The summed E-state index contributed by atoms with van der Waals surface area (Å²) in [6.07, 6.45) is 2.35. The molecule has 2 unspecified atom stereocenters. The SMILES string of the molecule is Cc1ccc(CC(C)NC(=O)N2CCC(C(C)O)CC2)c(C)c1. The molecule has 0 aliphatic carbocycles. The molecule has 0 bridgehead atoms. The Hall–Kier alpha value is -1.55. The molecular formula is C19H30N2O2. The minimum absolute atomic E-state index is 0.0197. The van der Waals surface area contributed by atoms with Crippen molar-refractivity contribution < 1.29 is 9.90 Å². The minimum atomic E-state index is -0.274. The van der Waals surface area contributed by atoms with E-state index in [1.807, 2.05) is 11.8 Å². The van der Waals surface area contributed by atoms with E-state index in [0.717, 1.165) is 32.4 Å². The van der Waals surface area contributed by atoms with Crippen LogP contribution in [-0.4, -0.2) is 41.3 Å². The third kappa shape index (κ3) is 4.96. The van der Waals surface area contributed by atoms with Gasteiger partial charge in [-0.25, -0.2) is 4.79 Å². The van der Waals surface area contributed by atoms with Gasteiger partial charge in [-0.2, -0.15) is 0 Å². The summed E-state index contributed by atoms with van der Waals surface area (Å²) in [7, 11) is 0. The predicted octanol–water partition coefficient (Wildman–Crippen LogP) is 3.04. The van der Waals surface area contributed by atoms with E-state index in [9.17, 15) is 9.90 Å². The lowest BCUT2D eigenvalue weighted by Crippen LogP contribution is -2.48. The maximum atomic E-state index is 12.4. The number of carbonyl (C=O) groups is 1. The quantitative estimate of drug-likeness (QED) is 0.896. The van der Waals surface area contributed by atoms with Crippen LogP contribution in [0.1, 0.15) is 43.4 Å². The summed E-state index contributed by atoms with van der Waals surface area (Å²) >= 11 is 0. The lowest BCUT2D eigenvalue weighted by Gasteiger charge is -2.34. The molecule has 2 rings (SSSR count). The van der Waals surface area contributed by atoms with Crippen LogP contribution in [0.15, 0.2) is 18.2 Å². The molecule has 1 heterocycles. The molecule has 128 valence electrons. The van der Waals surface area contributed by atoms with Crippen LogP contribution < -0.4 is 5.32 Å². The fourth-order valence-corrected chi connectivity index (χ4v) is 3.34. The Morgan fingerprint density at radius 3 is 2.52 bits per heavy atom.